The highest BCUT2D eigenvalue weighted by Crippen LogP contribution is 2.23. The molecule has 0 heterocycles. The lowest BCUT2D eigenvalue weighted by Gasteiger charge is -2.26. The van der Waals surface area contributed by atoms with Crippen LogP contribution in [0.4, 0.5) is 0 Å². The monoisotopic (exact) mass is 515 g/mol. The zero-order valence-electron chi connectivity index (χ0n) is 20.5. The molecule has 200 valence electrons. The van der Waals surface area contributed by atoms with Gasteiger partial charge in [-0.05, 0) is 36.1 Å². The summed E-state index contributed by atoms with van der Waals surface area (Å²) in [6.07, 6.45) is 1.49. The molecule has 0 aliphatic rings. The molecule has 0 aromatic heterocycles. The number of phenolic OH excluding ortho intramolecular Hbond substituents is 2. The Labute approximate surface area is 214 Å². The maximum absolute atomic E-state index is 11.5. The number of phenols is 2. The van der Waals surface area contributed by atoms with E-state index in [1.165, 1.54) is 12.1 Å². The van der Waals surface area contributed by atoms with Gasteiger partial charge >= 0.3 is 11.9 Å². The van der Waals surface area contributed by atoms with E-state index in [9.17, 15) is 34.5 Å². The standard InChI is InChI=1S/C26H33N3O8/c27-24(33)7-3-18-1-5-23(32)21(13-18)16-29(17-26(36)37)10-9-28(11-12-30)15-20-14-19(2-6-22(20)31)4-8-25(34)35/h1-2,5-6,12-14,31-32H,3-4,7-11,15-17H2,(H2,27,33)(H,34,35)(H,36,37). The maximum Gasteiger partial charge on any atom is 0.317 e. The van der Waals surface area contributed by atoms with Gasteiger partial charge in [-0.15, -0.1) is 0 Å². The van der Waals surface area contributed by atoms with Crippen LogP contribution < -0.4 is 5.73 Å². The summed E-state index contributed by atoms with van der Waals surface area (Å²) < 4.78 is 0. The molecule has 37 heavy (non-hydrogen) atoms. The molecule has 0 radical (unpaired) electrons. The van der Waals surface area contributed by atoms with E-state index in [0.717, 1.165) is 11.1 Å². The second kappa shape index (κ2) is 14.6. The average molecular weight is 516 g/mol. The molecule has 0 saturated carbocycles. The molecule has 11 heteroatoms. The van der Waals surface area contributed by atoms with Gasteiger partial charge in [0.15, 0.2) is 0 Å². The van der Waals surface area contributed by atoms with Gasteiger partial charge in [0.2, 0.25) is 5.91 Å². The molecule has 0 unspecified atom stereocenters. The van der Waals surface area contributed by atoms with Gasteiger partial charge in [-0.2, -0.15) is 0 Å². The van der Waals surface area contributed by atoms with Crippen molar-refractivity contribution in [1.29, 1.82) is 0 Å². The van der Waals surface area contributed by atoms with Gasteiger partial charge in [-0.3, -0.25) is 24.2 Å². The van der Waals surface area contributed by atoms with Crippen LogP contribution in [0.15, 0.2) is 36.4 Å². The summed E-state index contributed by atoms with van der Waals surface area (Å²) in [5, 5.41) is 38.9. The molecule has 0 spiro atoms. The van der Waals surface area contributed by atoms with E-state index < -0.39 is 17.8 Å². The van der Waals surface area contributed by atoms with Crippen LogP contribution in [-0.2, 0) is 45.1 Å². The number of carbonyl (C=O) groups excluding carboxylic acids is 2. The van der Waals surface area contributed by atoms with Gasteiger partial charge in [0.1, 0.15) is 17.8 Å². The molecular formula is C26H33N3O8. The lowest BCUT2D eigenvalue weighted by Crippen LogP contribution is -2.38. The van der Waals surface area contributed by atoms with Crippen LogP contribution in [0.5, 0.6) is 11.5 Å². The molecule has 0 atom stereocenters. The molecule has 1 amide bonds. The minimum absolute atomic E-state index is 0.00828. The number of aliphatic carboxylic acids is 2. The fourth-order valence-corrected chi connectivity index (χ4v) is 3.87. The summed E-state index contributed by atoms with van der Waals surface area (Å²) in [7, 11) is 0. The van der Waals surface area contributed by atoms with E-state index in [1.54, 1.807) is 34.1 Å². The van der Waals surface area contributed by atoms with Gasteiger partial charge in [0.25, 0.3) is 0 Å². The number of carboxylic acids is 2. The molecule has 0 aliphatic heterocycles. The van der Waals surface area contributed by atoms with Gasteiger partial charge < -0.3 is 31.0 Å². The van der Waals surface area contributed by atoms with Crippen molar-refractivity contribution in [2.24, 2.45) is 5.73 Å². The molecule has 6 N–H and O–H groups in total. The Morgan fingerprint density at radius 3 is 1.78 bits per heavy atom. The first-order chi connectivity index (χ1) is 17.6. The fourth-order valence-electron chi connectivity index (χ4n) is 3.87. The van der Waals surface area contributed by atoms with Gasteiger partial charge in [-0.25, -0.2) is 0 Å². The highest BCUT2D eigenvalue weighted by Gasteiger charge is 2.17. The van der Waals surface area contributed by atoms with Crippen LogP contribution in [-0.4, -0.2) is 80.5 Å². The number of carboxylic acid groups (broad SMARTS) is 2. The summed E-state index contributed by atoms with van der Waals surface area (Å²) in [4.78, 5) is 48.1. The predicted octanol–water partition coefficient (Wildman–Crippen LogP) is 1.12. The first kappa shape index (κ1) is 29.3. The van der Waals surface area contributed by atoms with Crippen LogP contribution >= 0.6 is 0 Å². The van der Waals surface area contributed by atoms with E-state index >= 15 is 0 Å². The maximum atomic E-state index is 11.5. The zero-order chi connectivity index (χ0) is 27.4. The summed E-state index contributed by atoms with van der Waals surface area (Å²) in [5.41, 5.74) is 7.74. The topological polar surface area (TPSA) is 182 Å². The Kier molecular flexibility index (Phi) is 11.5. The molecule has 2 rings (SSSR count). The molecule has 0 fully saturated rings. The van der Waals surface area contributed by atoms with Crippen molar-refractivity contribution in [2.45, 2.75) is 38.8 Å². The van der Waals surface area contributed by atoms with E-state index in [2.05, 4.69) is 0 Å². The largest absolute Gasteiger partial charge is 0.508 e. The van der Waals surface area contributed by atoms with Gasteiger partial charge in [0.05, 0.1) is 13.1 Å². The molecule has 11 nitrogen and oxygen atoms in total. The normalized spacial score (nSPS) is 11.1. The Morgan fingerprint density at radius 2 is 1.30 bits per heavy atom. The molecular weight excluding hydrogens is 482 g/mol. The summed E-state index contributed by atoms with van der Waals surface area (Å²) in [6.45, 7) is 0.564. The highest BCUT2D eigenvalue weighted by molar-refractivity contribution is 5.74. The third-order valence-electron chi connectivity index (χ3n) is 5.79. The van der Waals surface area contributed by atoms with Crippen LogP contribution in [0.3, 0.4) is 0 Å². The molecule has 0 bridgehead atoms. The average Bonchev–Trinajstić information content (AvgIpc) is 2.82. The number of aldehydes is 1. The second-order valence-electron chi connectivity index (χ2n) is 8.79. The first-order valence-corrected chi connectivity index (χ1v) is 11.8. The van der Waals surface area contributed by atoms with E-state index in [0.29, 0.717) is 30.3 Å². The number of amides is 1. The summed E-state index contributed by atoms with van der Waals surface area (Å²) in [5.74, 6) is -2.44. The third-order valence-corrected chi connectivity index (χ3v) is 5.79. The summed E-state index contributed by atoms with van der Waals surface area (Å²) in [6, 6.07) is 9.69. The number of carbonyl (C=O) groups is 4. The molecule has 2 aromatic carbocycles. The van der Waals surface area contributed by atoms with E-state index in [1.807, 2.05) is 0 Å². The van der Waals surface area contributed by atoms with Gasteiger partial charge in [0, 0.05) is 50.1 Å². The van der Waals surface area contributed by atoms with Crippen LogP contribution in [0, 0.1) is 0 Å². The van der Waals surface area contributed by atoms with Crippen molar-refractivity contribution >= 4 is 24.1 Å². The van der Waals surface area contributed by atoms with Crippen molar-refractivity contribution in [3.63, 3.8) is 0 Å². The molecule has 2 aromatic rings. The number of primary amides is 1. The predicted molar refractivity (Wildman–Crippen MR) is 134 cm³/mol. The number of aromatic hydroxyl groups is 2. The van der Waals surface area contributed by atoms with Crippen molar-refractivity contribution in [3.8, 4) is 11.5 Å². The quantitative estimate of drug-likeness (QED) is 0.191. The minimum atomic E-state index is -1.06. The van der Waals surface area contributed by atoms with Crippen molar-refractivity contribution in [1.82, 2.24) is 9.80 Å². The van der Waals surface area contributed by atoms with E-state index in [-0.39, 0.29) is 63.6 Å². The number of hydrogen-bond acceptors (Lipinski definition) is 8. The first-order valence-electron chi connectivity index (χ1n) is 11.8. The fraction of sp³-hybridized carbons (Fsp3) is 0.385. The van der Waals surface area contributed by atoms with Crippen LogP contribution in [0.25, 0.3) is 0 Å². The van der Waals surface area contributed by atoms with Crippen molar-refractivity contribution < 1.29 is 39.6 Å². The number of hydrogen-bond donors (Lipinski definition) is 5. The third kappa shape index (κ3) is 10.7. The number of nitrogens with two attached hydrogens (primary N) is 1. The lowest BCUT2D eigenvalue weighted by molar-refractivity contribution is -0.139. The van der Waals surface area contributed by atoms with E-state index in [4.69, 9.17) is 10.8 Å². The number of benzene rings is 2. The Bertz CT molecular complexity index is 1110. The number of nitrogens with zero attached hydrogens (tertiary/aromatic N) is 2. The Morgan fingerprint density at radius 1 is 0.784 bits per heavy atom. The highest BCUT2D eigenvalue weighted by atomic mass is 16.4. The minimum Gasteiger partial charge on any atom is -0.508 e. The number of aryl methyl sites for hydroxylation is 2. The molecule has 0 aliphatic carbocycles. The lowest BCUT2D eigenvalue weighted by atomic mass is 10.0. The van der Waals surface area contributed by atoms with Crippen molar-refractivity contribution in [2.75, 3.05) is 26.2 Å². The molecule has 0 saturated heterocycles. The number of rotatable bonds is 17. The van der Waals surface area contributed by atoms with Crippen LogP contribution in [0.1, 0.15) is 35.1 Å². The SMILES string of the molecule is NC(=O)CCc1ccc(O)c(CN(CCN(CC=O)Cc2cc(CCC(=O)O)ccc2O)CC(=O)O)c1. The zero-order valence-corrected chi connectivity index (χ0v) is 20.5. The second-order valence-corrected chi connectivity index (χ2v) is 8.79. The Balaban J connectivity index is 2.12. The van der Waals surface area contributed by atoms with Gasteiger partial charge in [-0.1, -0.05) is 24.3 Å². The summed E-state index contributed by atoms with van der Waals surface area (Å²) >= 11 is 0. The van der Waals surface area contributed by atoms with Crippen LogP contribution in [0.2, 0.25) is 0 Å². The van der Waals surface area contributed by atoms with Crippen molar-refractivity contribution in [3.05, 3.63) is 58.7 Å². The smallest absolute Gasteiger partial charge is 0.317 e. The Hall–Kier alpha value is -3.96.